The predicted molar refractivity (Wildman–Crippen MR) is 105 cm³/mol. The fourth-order valence-corrected chi connectivity index (χ4v) is 2.99. The van der Waals surface area contributed by atoms with E-state index in [0.717, 1.165) is 5.69 Å². The number of nitrogens with one attached hydrogen (secondary N) is 2. The molecule has 0 atom stereocenters. The molecule has 3 rings (SSSR count). The van der Waals surface area contributed by atoms with E-state index in [1.54, 1.807) is 17.0 Å². The number of anilines is 1. The van der Waals surface area contributed by atoms with E-state index in [-0.39, 0.29) is 30.7 Å². The fraction of sp³-hybridized carbons (Fsp3) is 0.300. The van der Waals surface area contributed by atoms with Gasteiger partial charge in [-0.15, -0.1) is 6.42 Å². The second kappa shape index (κ2) is 9.06. The number of terminal acetylenes is 1. The number of halogens is 1. The van der Waals surface area contributed by atoms with E-state index in [1.807, 2.05) is 34.0 Å². The SMILES string of the molecule is C#CCNC(=O)CN1CCN(C(=O)Nc2cc(-n3cccc3)ccc2F)CC1. The van der Waals surface area contributed by atoms with Crippen molar-refractivity contribution in [3.8, 4) is 18.0 Å². The predicted octanol–water partition coefficient (Wildman–Crippen LogP) is 1.52. The molecular weight excluding hydrogens is 361 g/mol. The van der Waals surface area contributed by atoms with Crippen LogP contribution in [0.1, 0.15) is 0 Å². The third kappa shape index (κ3) is 4.90. The van der Waals surface area contributed by atoms with Crippen LogP contribution in [-0.2, 0) is 4.79 Å². The minimum Gasteiger partial charge on any atom is -0.344 e. The maximum Gasteiger partial charge on any atom is 0.322 e. The lowest BCUT2D eigenvalue weighted by Crippen LogP contribution is -2.52. The normalized spacial score (nSPS) is 14.4. The third-order valence-electron chi connectivity index (χ3n) is 4.51. The van der Waals surface area contributed by atoms with Crippen LogP contribution in [0.2, 0.25) is 0 Å². The summed E-state index contributed by atoms with van der Waals surface area (Å²) in [5, 5.41) is 5.26. The Morgan fingerprint density at radius 2 is 1.86 bits per heavy atom. The van der Waals surface area contributed by atoms with Crippen molar-refractivity contribution in [2.24, 2.45) is 0 Å². The second-order valence-corrected chi connectivity index (χ2v) is 6.43. The average Bonchev–Trinajstić information content (AvgIpc) is 3.23. The minimum atomic E-state index is -0.493. The van der Waals surface area contributed by atoms with Gasteiger partial charge in [-0.1, -0.05) is 5.92 Å². The highest BCUT2D eigenvalue weighted by atomic mass is 19.1. The van der Waals surface area contributed by atoms with Crippen molar-refractivity contribution in [3.05, 3.63) is 48.5 Å². The molecule has 0 saturated carbocycles. The molecule has 0 aliphatic carbocycles. The number of amides is 3. The van der Waals surface area contributed by atoms with Gasteiger partial charge in [0.1, 0.15) is 5.82 Å². The number of urea groups is 1. The Labute approximate surface area is 163 Å². The van der Waals surface area contributed by atoms with Crippen LogP contribution in [0.4, 0.5) is 14.9 Å². The summed E-state index contributed by atoms with van der Waals surface area (Å²) >= 11 is 0. The van der Waals surface area contributed by atoms with Crippen molar-refractivity contribution >= 4 is 17.6 Å². The van der Waals surface area contributed by atoms with E-state index in [9.17, 15) is 14.0 Å². The second-order valence-electron chi connectivity index (χ2n) is 6.43. The highest BCUT2D eigenvalue weighted by molar-refractivity contribution is 5.90. The Bertz CT molecular complexity index is 867. The molecular formula is C20H22FN5O2. The van der Waals surface area contributed by atoms with Gasteiger partial charge < -0.3 is 20.1 Å². The van der Waals surface area contributed by atoms with Crippen LogP contribution in [0, 0.1) is 18.2 Å². The topological polar surface area (TPSA) is 69.6 Å². The monoisotopic (exact) mass is 383 g/mol. The van der Waals surface area contributed by atoms with E-state index < -0.39 is 5.82 Å². The molecule has 8 heteroatoms. The summed E-state index contributed by atoms with van der Waals surface area (Å²) < 4.78 is 16.0. The highest BCUT2D eigenvalue weighted by Crippen LogP contribution is 2.20. The third-order valence-corrected chi connectivity index (χ3v) is 4.51. The van der Waals surface area contributed by atoms with E-state index in [4.69, 9.17) is 6.42 Å². The molecule has 1 aromatic heterocycles. The molecule has 2 N–H and O–H groups in total. The van der Waals surface area contributed by atoms with Gasteiger partial charge in [-0.3, -0.25) is 9.69 Å². The molecule has 1 aliphatic rings. The lowest BCUT2D eigenvalue weighted by Gasteiger charge is -2.34. The summed E-state index contributed by atoms with van der Waals surface area (Å²) in [6.07, 6.45) is 8.80. The molecule has 1 aliphatic heterocycles. The molecule has 1 saturated heterocycles. The smallest absolute Gasteiger partial charge is 0.322 e. The van der Waals surface area contributed by atoms with Crippen LogP contribution in [0.3, 0.4) is 0 Å². The molecule has 0 bridgehead atoms. The summed E-state index contributed by atoms with van der Waals surface area (Å²) in [5.74, 6) is 1.72. The molecule has 0 radical (unpaired) electrons. The van der Waals surface area contributed by atoms with Gasteiger partial charge in [0.2, 0.25) is 5.91 Å². The number of nitrogens with zero attached hydrogens (tertiary/aromatic N) is 3. The first-order valence-electron chi connectivity index (χ1n) is 8.98. The van der Waals surface area contributed by atoms with Crippen LogP contribution in [0.5, 0.6) is 0 Å². The van der Waals surface area contributed by atoms with Gasteiger partial charge in [-0.2, -0.15) is 0 Å². The Balaban J connectivity index is 1.54. The number of piperazine rings is 1. The first-order chi connectivity index (χ1) is 13.6. The molecule has 3 amide bonds. The van der Waals surface area contributed by atoms with E-state index in [0.29, 0.717) is 26.2 Å². The molecule has 1 fully saturated rings. The molecule has 1 aromatic carbocycles. The Kier molecular flexibility index (Phi) is 6.29. The molecule has 7 nitrogen and oxygen atoms in total. The lowest BCUT2D eigenvalue weighted by molar-refractivity contribution is -0.122. The maximum absolute atomic E-state index is 14.1. The first-order valence-corrected chi connectivity index (χ1v) is 8.98. The van der Waals surface area contributed by atoms with Gasteiger partial charge in [0.15, 0.2) is 0 Å². The molecule has 0 spiro atoms. The van der Waals surface area contributed by atoms with Crippen molar-refractivity contribution in [2.75, 3.05) is 44.6 Å². The fourth-order valence-electron chi connectivity index (χ4n) is 2.99. The molecule has 2 aromatic rings. The van der Waals surface area contributed by atoms with Gasteiger partial charge in [0.25, 0.3) is 0 Å². The van der Waals surface area contributed by atoms with Crippen LogP contribution in [0.15, 0.2) is 42.7 Å². The van der Waals surface area contributed by atoms with Gasteiger partial charge in [0.05, 0.1) is 18.8 Å². The number of carbonyl (C=O) groups excluding carboxylic acids is 2. The van der Waals surface area contributed by atoms with Crippen LogP contribution < -0.4 is 10.6 Å². The summed E-state index contributed by atoms with van der Waals surface area (Å²) in [5.41, 5.74) is 0.886. The van der Waals surface area contributed by atoms with Crippen LogP contribution in [-0.4, -0.2) is 65.6 Å². The van der Waals surface area contributed by atoms with Crippen LogP contribution >= 0.6 is 0 Å². The van der Waals surface area contributed by atoms with Gasteiger partial charge in [-0.25, -0.2) is 9.18 Å². The zero-order valence-electron chi connectivity index (χ0n) is 15.4. The van der Waals surface area contributed by atoms with Gasteiger partial charge >= 0.3 is 6.03 Å². The number of carbonyl (C=O) groups is 2. The summed E-state index contributed by atoms with van der Waals surface area (Å²) in [4.78, 5) is 27.8. The number of benzene rings is 1. The number of hydrogen-bond acceptors (Lipinski definition) is 3. The summed E-state index contributed by atoms with van der Waals surface area (Å²) in [7, 11) is 0. The molecule has 28 heavy (non-hydrogen) atoms. The molecule has 0 unspecified atom stereocenters. The Hall–Kier alpha value is -3.31. The van der Waals surface area contributed by atoms with Crippen molar-refractivity contribution in [1.29, 1.82) is 0 Å². The lowest BCUT2D eigenvalue weighted by atomic mass is 10.2. The van der Waals surface area contributed by atoms with Crippen molar-refractivity contribution in [2.45, 2.75) is 0 Å². The van der Waals surface area contributed by atoms with E-state index in [2.05, 4.69) is 16.6 Å². The Morgan fingerprint density at radius 1 is 1.14 bits per heavy atom. The molecule has 146 valence electrons. The van der Waals surface area contributed by atoms with Crippen molar-refractivity contribution in [3.63, 3.8) is 0 Å². The molecule has 2 heterocycles. The van der Waals surface area contributed by atoms with E-state index in [1.165, 1.54) is 6.07 Å². The quantitative estimate of drug-likeness (QED) is 0.769. The maximum atomic E-state index is 14.1. The largest absolute Gasteiger partial charge is 0.344 e. The summed E-state index contributed by atoms with van der Waals surface area (Å²) in [6, 6.07) is 7.95. The number of rotatable bonds is 5. The van der Waals surface area contributed by atoms with Crippen molar-refractivity contribution < 1.29 is 14.0 Å². The van der Waals surface area contributed by atoms with Gasteiger partial charge in [-0.05, 0) is 30.3 Å². The first kappa shape index (κ1) is 19.5. The standard InChI is InChI=1S/C20H22FN5O2/c1-2-7-22-19(27)15-24-10-12-26(13-11-24)20(28)23-18-14-16(5-6-17(18)21)25-8-3-4-9-25/h1,3-6,8-9,14H,7,10-13,15H2,(H,22,27)(H,23,28). The minimum absolute atomic E-state index is 0.132. The number of aromatic nitrogens is 1. The number of hydrogen-bond donors (Lipinski definition) is 2. The van der Waals surface area contributed by atoms with E-state index >= 15 is 0 Å². The van der Waals surface area contributed by atoms with Crippen LogP contribution in [0.25, 0.3) is 5.69 Å². The zero-order valence-corrected chi connectivity index (χ0v) is 15.4. The Morgan fingerprint density at radius 3 is 2.54 bits per heavy atom. The average molecular weight is 383 g/mol. The van der Waals surface area contributed by atoms with Gasteiger partial charge in [0, 0.05) is 44.3 Å². The summed E-state index contributed by atoms with van der Waals surface area (Å²) in [6.45, 7) is 2.46. The zero-order chi connectivity index (χ0) is 19.9. The van der Waals surface area contributed by atoms with Crippen molar-refractivity contribution in [1.82, 2.24) is 19.7 Å². The highest BCUT2D eigenvalue weighted by Gasteiger charge is 2.23.